The molecule has 2 aromatic rings. The molecule has 1 fully saturated rings. The lowest BCUT2D eigenvalue weighted by Gasteiger charge is -2.13. The molecule has 25 heavy (non-hydrogen) atoms. The summed E-state index contributed by atoms with van der Waals surface area (Å²) in [5.74, 6) is -1.57. The number of rotatable bonds is 5. The van der Waals surface area contributed by atoms with Crippen molar-refractivity contribution in [2.45, 2.75) is 17.8 Å². The van der Waals surface area contributed by atoms with Crippen LogP contribution in [0.2, 0.25) is 0 Å². The van der Waals surface area contributed by atoms with Gasteiger partial charge in [-0.3, -0.25) is 4.72 Å². The van der Waals surface area contributed by atoms with E-state index in [1.165, 1.54) is 12.3 Å². The molecule has 1 aromatic carbocycles. The SMILES string of the molecule is O=S1(=O)C[C@H](O)[C@@H](S(=O)(=O)Nc2ncc(Cc3ccccc3F)s2)C1. The molecule has 11 heteroatoms. The molecule has 2 N–H and O–H groups in total. The van der Waals surface area contributed by atoms with Gasteiger partial charge >= 0.3 is 0 Å². The Hall–Kier alpha value is -1.56. The average Bonchev–Trinajstić information content (AvgIpc) is 3.04. The number of halogens is 1. The minimum atomic E-state index is -4.11. The number of nitrogens with zero attached hydrogens (tertiary/aromatic N) is 1. The van der Waals surface area contributed by atoms with Crippen LogP contribution in [0.1, 0.15) is 10.4 Å². The maximum absolute atomic E-state index is 13.7. The van der Waals surface area contributed by atoms with E-state index in [4.69, 9.17) is 0 Å². The Morgan fingerprint density at radius 1 is 1.32 bits per heavy atom. The van der Waals surface area contributed by atoms with Crippen molar-refractivity contribution in [2.75, 3.05) is 16.2 Å². The Morgan fingerprint density at radius 3 is 2.68 bits per heavy atom. The summed E-state index contributed by atoms with van der Waals surface area (Å²) in [4.78, 5) is 4.58. The van der Waals surface area contributed by atoms with Crippen molar-refractivity contribution in [3.63, 3.8) is 0 Å². The van der Waals surface area contributed by atoms with Crippen LogP contribution >= 0.6 is 11.3 Å². The van der Waals surface area contributed by atoms with Gasteiger partial charge in [0.15, 0.2) is 15.0 Å². The van der Waals surface area contributed by atoms with Gasteiger partial charge in [-0.2, -0.15) is 0 Å². The van der Waals surface area contributed by atoms with E-state index in [2.05, 4.69) is 9.71 Å². The van der Waals surface area contributed by atoms with Crippen LogP contribution in [0, 0.1) is 5.82 Å². The number of thiazole rings is 1. The maximum Gasteiger partial charge on any atom is 0.240 e. The number of benzene rings is 1. The molecule has 0 saturated carbocycles. The van der Waals surface area contributed by atoms with Crippen LogP contribution in [-0.2, 0) is 26.3 Å². The van der Waals surface area contributed by atoms with Crippen LogP contribution in [0.5, 0.6) is 0 Å². The first-order chi connectivity index (χ1) is 11.7. The lowest BCUT2D eigenvalue weighted by molar-refractivity contribution is 0.204. The highest BCUT2D eigenvalue weighted by Crippen LogP contribution is 2.26. The molecule has 0 radical (unpaired) electrons. The minimum absolute atomic E-state index is 0.0443. The van der Waals surface area contributed by atoms with Crippen LogP contribution in [0.25, 0.3) is 0 Å². The van der Waals surface area contributed by atoms with Crippen molar-refractivity contribution in [3.05, 3.63) is 46.7 Å². The monoisotopic (exact) mass is 406 g/mol. The second-order valence-corrected chi connectivity index (χ2v) is 10.9. The van der Waals surface area contributed by atoms with Crippen LogP contribution in [0.4, 0.5) is 9.52 Å². The molecule has 7 nitrogen and oxygen atoms in total. The third-order valence-electron chi connectivity index (χ3n) is 3.78. The normalized spacial score (nSPS) is 22.8. The van der Waals surface area contributed by atoms with Gasteiger partial charge in [-0.1, -0.05) is 18.2 Å². The van der Waals surface area contributed by atoms with Crippen molar-refractivity contribution in [2.24, 2.45) is 0 Å². The third kappa shape index (κ3) is 4.17. The van der Waals surface area contributed by atoms with Crippen LogP contribution in [0.15, 0.2) is 30.5 Å². The predicted octanol–water partition coefficient (Wildman–Crippen LogP) is 0.773. The molecule has 0 spiro atoms. The lowest BCUT2D eigenvalue weighted by Crippen LogP contribution is -2.36. The maximum atomic E-state index is 13.7. The molecule has 0 unspecified atom stereocenters. The molecule has 2 atom stereocenters. The molecule has 1 aliphatic rings. The largest absolute Gasteiger partial charge is 0.391 e. The first kappa shape index (κ1) is 18.2. The summed E-state index contributed by atoms with van der Waals surface area (Å²) in [5, 5.41) is 8.32. The number of sulfonamides is 1. The van der Waals surface area contributed by atoms with Gasteiger partial charge in [0.05, 0.1) is 17.6 Å². The molecule has 1 saturated heterocycles. The minimum Gasteiger partial charge on any atom is -0.391 e. The first-order valence-corrected chi connectivity index (χ1v) is 11.4. The van der Waals surface area contributed by atoms with Gasteiger partial charge in [-0.25, -0.2) is 26.2 Å². The number of anilines is 1. The van der Waals surface area contributed by atoms with E-state index >= 15 is 0 Å². The second-order valence-electron chi connectivity index (χ2n) is 5.73. The van der Waals surface area contributed by atoms with Crippen molar-refractivity contribution >= 4 is 36.3 Å². The highest BCUT2D eigenvalue weighted by molar-refractivity contribution is 7.97. The van der Waals surface area contributed by atoms with E-state index in [9.17, 15) is 26.3 Å². The molecule has 136 valence electrons. The van der Waals surface area contributed by atoms with Crippen molar-refractivity contribution in [3.8, 4) is 0 Å². The molecule has 2 heterocycles. The topological polar surface area (TPSA) is 113 Å². The molecule has 0 aliphatic carbocycles. The number of aromatic nitrogens is 1. The zero-order chi connectivity index (χ0) is 18.2. The first-order valence-electron chi connectivity index (χ1n) is 7.24. The summed E-state index contributed by atoms with van der Waals surface area (Å²) >= 11 is 1.02. The van der Waals surface area contributed by atoms with Crippen LogP contribution < -0.4 is 4.72 Å². The number of hydrogen-bond donors (Lipinski definition) is 2. The lowest BCUT2D eigenvalue weighted by atomic mass is 10.1. The number of aliphatic hydroxyl groups excluding tert-OH is 1. The summed E-state index contributed by atoms with van der Waals surface area (Å²) in [6, 6.07) is 6.23. The van der Waals surface area contributed by atoms with Gasteiger partial charge in [-0.15, -0.1) is 11.3 Å². The zero-order valence-corrected chi connectivity index (χ0v) is 15.2. The number of sulfone groups is 1. The Labute approximate surface area is 148 Å². The van der Waals surface area contributed by atoms with E-state index < -0.39 is 42.7 Å². The Kier molecular flexibility index (Phi) is 4.84. The predicted molar refractivity (Wildman–Crippen MR) is 92.3 cm³/mol. The Balaban J connectivity index is 1.74. The summed E-state index contributed by atoms with van der Waals surface area (Å²) in [6.45, 7) is 0. The summed E-state index contributed by atoms with van der Waals surface area (Å²) in [7, 11) is -7.69. The van der Waals surface area contributed by atoms with Crippen molar-refractivity contribution in [1.82, 2.24) is 4.98 Å². The van der Waals surface area contributed by atoms with E-state index in [0.717, 1.165) is 11.3 Å². The third-order valence-corrected chi connectivity index (χ3v) is 8.50. The summed E-state index contributed by atoms with van der Waals surface area (Å²) in [5.41, 5.74) is 0.456. The molecule has 1 aliphatic heterocycles. The average molecular weight is 406 g/mol. The second kappa shape index (κ2) is 6.63. The standard InChI is InChI=1S/C14H15FN2O5S3/c15-11-4-2-1-3-9(11)5-10-6-16-14(23-10)17-25(21,22)13-8-24(19,20)7-12(13)18/h1-4,6,12-13,18H,5,7-8H2,(H,16,17)/t12-,13-/m0/s1. The van der Waals surface area contributed by atoms with Crippen molar-refractivity contribution in [1.29, 1.82) is 0 Å². The number of aliphatic hydroxyl groups is 1. The fourth-order valence-corrected chi connectivity index (χ4v) is 7.79. The van der Waals surface area contributed by atoms with Crippen LogP contribution in [-0.4, -0.2) is 49.8 Å². The van der Waals surface area contributed by atoms with Gasteiger partial charge in [-0.05, 0) is 11.6 Å². The van der Waals surface area contributed by atoms with Gasteiger partial charge in [0.1, 0.15) is 11.1 Å². The Morgan fingerprint density at radius 2 is 2.04 bits per heavy atom. The van der Waals surface area contributed by atoms with Crippen LogP contribution in [0.3, 0.4) is 0 Å². The molecular weight excluding hydrogens is 391 g/mol. The Bertz CT molecular complexity index is 987. The van der Waals surface area contributed by atoms with Gasteiger partial charge in [0.25, 0.3) is 0 Å². The smallest absolute Gasteiger partial charge is 0.240 e. The molecule has 3 rings (SSSR count). The quantitative estimate of drug-likeness (QED) is 0.758. The van der Waals surface area contributed by atoms with Gasteiger partial charge in [0.2, 0.25) is 10.0 Å². The molecular formula is C14H15FN2O5S3. The highest BCUT2D eigenvalue weighted by Gasteiger charge is 2.44. The number of hydrogen-bond acceptors (Lipinski definition) is 7. The van der Waals surface area contributed by atoms with E-state index in [-0.39, 0.29) is 17.4 Å². The molecule has 0 bridgehead atoms. The zero-order valence-electron chi connectivity index (χ0n) is 12.8. The van der Waals surface area contributed by atoms with E-state index in [1.807, 2.05) is 0 Å². The fourth-order valence-electron chi connectivity index (χ4n) is 2.56. The van der Waals surface area contributed by atoms with Gasteiger partial charge < -0.3 is 5.11 Å². The molecule has 1 aromatic heterocycles. The highest BCUT2D eigenvalue weighted by atomic mass is 32.2. The van der Waals surface area contributed by atoms with Crippen molar-refractivity contribution < 1.29 is 26.3 Å². The summed E-state index contributed by atoms with van der Waals surface area (Å²) in [6.07, 6.45) is 0.212. The fraction of sp³-hybridized carbons (Fsp3) is 0.357. The number of nitrogens with one attached hydrogen (secondary N) is 1. The van der Waals surface area contributed by atoms with E-state index in [0.29, 0.717) is 10.4 Å². The van der Waals surface area contributed by atoms with Gasteiger partial charge in [0, 0.05) is 17.5 Å². The summed E-state index contributed by atoms with van der Waals surface area (Å²) < 4.78 is 63.4. The van der Waals surface area contributed by atoms with E-state index in [1.54, 1.807) is 18.2 Å². The molecule has 0 amide bonds.